The van der Waals surface area contributed by atoms with E-state index in [1.54, 1.807) is 6.08 Å². The average Bonchev–Trinajstić information content (AvgIpc) is 2.48. The zero-order valence-electron chi connectivity index (χ0n) is 8.88. The van der Waals surface area contributed by atoms with Gasteiger partial charge in [-0.25, -0.2) is 0 Å². The van der Waals surface area contributed by atoms with E-state index in [4.69, 9.17) is 5.73 Å². The van der Waals surface area contributed by atoms with Gasteiger partial charge in [0.15, 0.2) is 0 Å². The molecule has 1 aromatic rings. The van der Waals surface area contributed by atoms with Crippen molar-refractivity contribution in [2.24, 2.45) is 5.73 Å². The largest absolute Gasteiger partial charge is 0.361 e. The summed E-state index contributed by atoms with van der Waals surface area (Å²) >= 11 is 0. The Balaban J connectivity index is 3.26. The number of nitrogens with one attached hydrogen (secondary N) is 1. The number of rotatable bonds is 3. The van der Waals surface area contributed by atoms with E-state index >= 15 is 0 Å². The molecule has 0 aromatic carbocycles. The van der Waals surface area contributed by atoms with Gasteiger partial charge >= 0.3 is 0 Å². The number of nitrogens with two attached hydrogens (primary N) is 1. The highest BCUT2D eigenvalue weighted by molar-refractivity contribution is 5.40. The van der Waals surface area contributed by atoms with Crippen LogP contribution in [0.15, 0.2) is 18.9 Å². The fourth-order valence-electron chi connectivity index (χ4n) is 1.56. The summed E-state index contributed by atoms with van der Waals surface area (Å²) in [7, 11) is 0. The second-order valence-corrected chi connectivity index (χ2v) is 3.51. The van der Waals surface area contributed by atoms with Crippen LogP contribution >= 0.6 is 0 Å². The molecule has 1 heterocycles. The standard InChI is InChI=1S/C12H18N2/c1-4-6-11-10(7-9(3)13)8-14-12(11)5-2/h4-6,8-9,14H,1,7,13H2,2-3H3/b11-6-,12-5+. The van der Waals surface area contributed by atoms with E-state index < -0.39 is 0 Å². The molecule has 1 unspecified atom stereocenters. The van der Waals surface area contributed by atoms with Crippen LogP contribution in [0.2, 0.25) is 0 Å². The van der Waals surface area contributed by atoms with Gasteiger partial charge in [0.1, 0.15) is 0 Å². The van der Waals surface area contributed by atoms with Gasteiger partial charge in [0.05, 0.1) is 0 Å². The monoisotopic (exact) mass is 190 g/mol. The lowest BCUT2D eigenvalue weighted by atomic mass is 10.1. The minimum atomic E-state index is 0.187. The van der Waals surface area contributed by atoms with Gasteiger partial charge in [-0.05, 0) is 25.8 Å². The molecule has 0 fully saturated rings. The van der Waals surface area contributed by atoms with Crippen LogP contribution in [-0.4, -0.2) is 11.0 Å². The normalized spacial score (nSPS) is 15.9. The van der Waals surface area contributed by atoms with E-state index in [0.29, 0.717) is 0 Å². The number of aromatic amines is 1. The molecule has 1 atom stereocenters. The first kappa shape index (κ1) is 10.8. The third-order valence-electron chi connectivity index (χ3n) is 2.15. The molecule has 1 rings (SSSR count). The zero-order chi connectivity index (χ0) is 10.6. The number of hydrogen-bond donors (Lipinski definition) is 2. The maximum Gasteiger partial charge on any atom is 0.0413 e. The molecule has 14 heavy (non-hydrogen) atoms. The Bertz CT molecular complexity index is 410. The molecular weight excluding hydrogens is 172 g/mol. The average molecular weight is 190 g/mol. The quantitative estimate of drug-likeness (QED) is 0.723. The Morgan fingerprint density at radius 1 is 1.64 bits per heavy atom. The summed E-state index contributed by atoms with van der Waals surface area (Å²) < 4.78 is 0. The zero-order valence-corrected chi connectivity index (χ0v) is 8.88. The van der Waals surface area contributed by atoms with Crippen LogP contribution in [0.1, 0.15) is 19.4 Å². The van der Waals surface area contributed by atoms with Crippen molar-refractivity contribution in [2.75, 3.05) is 0 Å². The van der Waals surface area contributed by atoms with Crippen molar-refractivity contribution in [1.82, 2.24) is 4.98 Å². The van der Waals surface area contributed by atoms with Gasteiger partial charge in [0, 0.05) is 22.8 Å². The predicted molar refractivity (Wildman–Crippen MR) is 62.2 cm³/mol. The minimum absolute atomic E-state index is 0.187. The van der Waals surface area contributed by atoms with Crippen molar-refractivity contribution >= 4 is 12.2 Å². The Morgan fingerprint density at radius 2 is 2.36 bits per heavy atom. The highest BCUT2D eigenvalue weighted by Crippen LogP contribution is 1.92. The van der Waals surface area contributed by atoms with Crippen LogP contribution < -0.4 is 16.3 Å². The van der Waals surface area contributed by atoms with Gasteiger partial charge < -0.3 is 10.7 Å². The van der Waals surface area contributed by atoms with E-state index in [-0.39, 0.29) is 6.04 Å². The van der Waals surface area contributed by atoms with Crippen molar-refractivity contribution in [3.63, 3.8) is 0 Å². The van der Waals surface area contributed by atoms with E-state index in [9.17, 15) is 0 Å². The maximum absolute atomic E-state index is 5.78. The van der Waals surface area contributed by atoms with E-state index in [2.05, 4.69) is 17.6 Å². The number of H-pyrrole nitrogens is 1. The molecule has 0 bridgehead atoms. The minimum Gasteiger partial charge on any atom is -0.361 e. The predicted octanol–water partition coefficient (Wildman–Crippen LogP) is 0.671. The molecule has 0 saturated heterocycles. The molecule has 0 aliphatic rings. The summed E-state index contributed by atoms with van der Waals surface area (Å²) in [6, 6.07) is 0.187. The van der Waals surface area contributed by atoms with Crippen LogP contribution in [-0.2, 0) is 6.42 Å². The van der Waals surface area contributed by atoms with Crippen LogP contribution in [0.25, 0.3) is 12.2 Å². The first-order valence-corrected chi connectivity index (χ1v) is 4.90. The van der Waals surface area contributed by atoms with Crippen molar-refractivity contribution in [3.8, 4) is 0 Å². The summed E-state index contributed by atoms with van der Waals surface area (Å²) in [4.78, 5) is 3.22. The molecule has 0 aliphatic carbocycles. The van der Waals surface area contributed by atoms with Crippen molar-refractivity contribution in [3.05, 3.63) is 35.0 Å². The second-order valence-electron chi connectivity index (χ2n) is 3.51. The number of allylic oxidation sites excluding steroid dienone is 1. The molecule has 2 nitrogen and oxygen atoms in total. The fraction of sp³-hybridized carbons (Fsp3) is 0.333. The SMILES string of the molecule is C=C/C=c1/c(CC(C)N)c[nH]/c1=C/C. The lowest BCUT2D eigenvalue weighted by Gasteiger charge is -2.01. The van der Waals surface area contributed by atoms with Crippen LogP contribution in [0.3, 0.4) is 0 Å². The lowest BCUT2D eigenvalue weighted by Crippen LogP contribution is -2.28. The van der Waals surface area contributed by atoms with Crippen LogP contribution in [0.4, 0.5) is 0 Å². The van der Waals surface area contributed by atoms with Crippen LogP contribution in [0, 0.1) is 0 Å². The third kappa shape index (κ3) is 2.36. The molecule has 0 radical (unpaired) electrons. The molecule has 3 N–H and O–H groups in total. The van der Waals surface area contributed by atoms with Gasteiger partial charge in [0.2, 0.25) is 0 Å². The summed E-state index contributed by atoms with van der Waals surface area (Å²) in [5.74, 6) is 0. The van der Waals surface area contributed by atoms with Gasteiger partial charge in [-0.15, -0.1) is 0 Å². The van der Waals surface area contributed by atoms with Crippen molar-refractivity contribution in [1.29, 1.82) is 0 Å². The fourth-order valence-corrected chi connectivity index (χ4v) is 1.56. The Labute approximate surface area is 84.8 Å². The van der Waals surface area contributed by atoms with E-state index in [1.165, 1.54) is 10.8 Å². The van der Waals surface area contributed by atoms with Gasteiger partial charge in [0.25, 0.3) is 0 Å². The third-order valence-corrected chi connectivity index (χ3v) is 2.15. The summed E-state index contributed by atoms with van der Waals surface area (Å²) in [6.45, 7) is 7.75. The van der Waals surface area contributed by atoms with E-state index in [1.807, 2.05) is 26.1 Å². The Morgan fingerprint density at radius 3 is 2.86 bits per heavy atom. The summed E-state index contributed by atoms with van der Waals surface area (Å²) in [6.07, 6.45) is 8.79. The summed E-state index contributed by atoms with van der Waals surface area (Å²) in [5, 5.41) is 2.35. The molecule has 2 heteroatoms. The molecular formula is C12H18N2. The molecule has 1 aromatic heterocycles. The van der Waals surface area contributed by atoms with Gasteiger partial charge in [-0.2, -0.15) is 0 Å². The molecule has 0 amide bonds. The highest BCUT2D eigenvalue weighted by Gasteiger charge is 2.01. The smallest absolute Gasteiger partial charge is 0.0413 e. The second kappa shape index (κ2) is 4.82. The Hall–Kier alpha value is -1.28. The Kier molecular flexibility index (Phi) is 3.72. The maximum atomic E-state index is 5.78. The molecule has 76 valence electrons. The first-order valence-electron chi connectivity index (χ1n) is 4.90. The summed E-state index contributed by atoms with van der Waals surface area (Å²) in [5.41, 5.74) is 7.03. The topological polar surface area (TPSA) is 41.8 Å². The van der Waals surface area contributed by atoms with Crippen molar-refractivity contribution < 1.29 is 0 Å². The lowest BCUT2D eigenvalue weighted by molar-refractivity contribution is 0.736. The van der Waals surface area contributed by atoms with Gasteiger partial charge in [-0.3, -0.25) is 0 Å². The van der Waals surface area contributed by atoms with Crippen molar-refractivity contribution in [2.45, 2.75) is 26.3 Å². The van der Waals surface area contributed by atoms with Crippen LogP contribution in [0.5, 0.6) is 0 Å². The van der Waals surface area contributed by atoms with Gasteiger partial charge in [-0.1, -0.05) is 24.8 Å². The molecule has 0 saturated carbocycles. The first-order chi connectivity index (χ1) is 6.69. The van der Waals surface area contributed by atoms with E-state index in [0.717, 1.165) is 11.8 Å². The number of aromatic nitrogens is 1. The number of hydrogen-bond acceptors (Lipinski definition) is 1. The highest BCUT2D eigenvalue weighted by atomic mass is 14.7. The molecule has 0 aliphatic heterocycles. The molecule has 0 spiro atoms.